The number of rotatable bonds is 0. The monoisotopic (exact) mass is 185 g/mol. The molecule has 3 atom stereocenters. The lowest BCUT2D eigenvalue weighted by Gasteiger charge is -2.37. The van der Waals surface area contributed by atoms with Crippen molar-refractivity contribution in [1.82, 2.24) is 0 Å². The van der Waals surface area contributed by atoms with Gasteiger partial charge in [0.1, 0.15) is 0 Å². The van der Waals surface area contributed by atoms with Crippen molar-refractivity contribution in [3.63, 3.8) is 0 Å². The second kappa shape index (κ2) is 2.02. The van der Waals surface area contributed by atoms with E-state index in [1.165, 1.54) is 17.7 Å². The summed E-state index contributed by atoms with van der Waals surface area (Å²) in [6.45, 7) is 0. The van der Waals surface area contributed by atoms with Crippen LogP contribution in [0.5, 0.6) is 0 Å². The van der Waals surface area contributed by atoms with Crippen molar-refractivity contribution in [2.75, 3.05) is 4.90 Å². The van der Waals surface area contributed by atoms with Crippen LogP contribution in [0, 0.1) is 5.92 Å². The zero-order chi connectivity index (χ0) is 9.28. The number of nitrogens with zero attached hydrogens (tertiary/aromatic N) is 1. The first kappa shape index (κ1) is 7.04. The predicted molar refractivity (Wildman–Crippen MR) is 53.2 cm³/mol. The van der Waals surface area contributed by atoms with Crippen LogP contribution in [0.25, 0.3) is 0 Å². The molecular weight excluding hydrogens is 174 g/mol. The number of fused-ring (bicyclic) bond motifs is 3. The molecule has 70 valence electrons. The molecule has 0 radical (unpaired) electrons. The van der Waals surface area contributed by atoms with Crippen LogP contribution < -0.4 is 4.90 Å². The molecule has 2 heteroatoms. The van der Waals surface area contributed by atoms with Crippen LogP contribution >= 0.6 is 0 Å². The Labute approximate surface area is 82.5 Å². The minimum absolute atomic E-state index is 0.340. The smallest absolute Gasteiger partial charge is 0.227 e. The second-order valence-electron chi connectivity index (χ2n) is 4.62. The van der Waals surface area contributed by atoms with E-state index in [2.05, 4.69) is 18.2 Å². The Bertz CT molecular complexity index is 440. The van der Waals surface area contributed by atoms with Gasteiger partial charge in [-0.25, -0.2) is 0 Å². The molecule has 2 aliphatic heterocycles. The van der Waals surface area contributed by atoms with Crippen LogP contribution in [0.1, 0.15) is 24.3 Å². The number of amides is 1. The van der Waals surface area contributed by atoms with Crippen LogP contribution in [0.3, 0.4) is 0 Å². The van der Waals surface area contributed by atoms with E-state index in [1.807, 2.05) is 11.0 Å². The lowest BCUT2D eigenvalue weighted by molar-refractivity contribution is -0.117. The molecular formula is C12H11NO. The molecule has 0 aromatic heterocycles. The molecule has 2 nitrogen and oxygen atoms in total. The van der Waals surface area contributed by atoms with Crippen molar-refractivity contribution in [2.45, 2.75) is 24.8 Å². The third kappa shape index (κ3) is 0.578. The summed E-state index contributed by atoms with van der Waals surface area (Å²) in [5.74, 6) is 1.65. The fourth-order valence-corrected chi connectivity index (χ4v) is 3.45. The molecule has 14 heavy (non-hydrogen) atoms. The van der Waals surface area contributed by atoms with E-state index in [0.29, 0.717) is 23.8 Å². The molecule has 1 amide bonds. The van der Waals surface area contributed by atoms with Gasteiger partial charge in [-0.2, -0.15) is 0 Å². The van der Waals surface area contributed by atoms with Crippen molar-refractivity contribution in [2.24, 2.45) is 5.92 Å². The zero-order valence-corrected chi connectivity index (χ0v) is 7.81. The van der Waals surface area contributed by atoms with Crippen molar-refractivity contribution >= 4 is 11.6 Å². The minimum Gasteiger partial charge on any atom is -0.308 e. The maximum atomic E-state index is 11.8. The summed E-state index contributed by atoms with van der Waals surface area (Å²) in [5.41, 5.74) is 2.59. The quantitative estimate of drug-likeness (QED) is 0.604. The van der Waals surface area contributed by atoms with Gasteiger partial charge in [0, 0.05) is 24.1 Å². The summed E-state index contributed by atoms with van der Waals surface area (Å²) in [5, 5.41) is 0. The molecule has 0 bridgehead atoms. The summed E-state index contributed by atoms with van der Waals surface area (Å²) in [4.78, 5) is 13.8. The SMILES string of the molecule is O=C1C[C@H]2C[C@H]3c4ccccc4N1C23. The highest BCUT2D eigenvalue weighted by molar-refractivity contribution is 6.00. The Hall–Kier alpha value is -1.31. The number of benzene rings is 1. The topological polar surface area (TPSA) is 20.3 Å². The number of hydrogen-bond donors (Lipinski definition) is 0. The van der Waals surface area contributed by atoms with E-state index in [4.69, 9.17) is 0 Å². The highest BCUT2D eigenvalue weighted by atomic mass is 16.2. The minimum atomic E-state index is 0.340. The fraction of sp³-hybridized carbons (Fsp3) is 0.417. The predicted octanol–water partition coefficient (Wildman–Crippen LogP) is 1.91. The molecule has 1 unspecified atom stereocenters. The lowest BCUT2D eigenvalue weighted by atomic mass is 9.69. The molecule has 0 N–H and O–H groups in total. The van der Waals surface area contributed by atoms with Gasteiger partial charge in [0.25, 0.3) is 0 Å². The van der Waals surface area contributed by atoms with Gasteiger partial charge in [0.15, 0.2) is 0 Å². The standard InChI is InChI=1S/C12H11NO/c14-11-6-7-5-9-8-3-1-2-4-10(8)13(11)12(7)9/h1-4,7,9,12H,5-6H2/t7-,9+,12?/m1/s1. The average molecular weight is 185 g/mol. The molecule has 3 aliphatic rings. The van der Waals surface area contributed by atoms with E-state index in [1.54, 1.807) is 0 Å². The summed E-state index contributed by atoms with van der Waals surface area (Å²) < 4.78 is 0. The number of para-hydroxylation sites is 1. The number of carbonyl (C=O) groups is 1. The van der Waals surface area contributed by atoms with Gasteiger partial charge in [-0.3, -0.25) is 4.79 Å². The van der Waals surface area contributed by atoms with Crippen LogP contribution in [0.2, 0.25) is 0 Å². The Morgan fingerprint density at radius 3 is 3.07 bits per heavy atom. The van der Waals surface area contributed by atoms with Gasteiger partial charge < -0.3 is 4.90 Å². The Morgan fingerprint density at radius 1 is 1.29 bits per heavy atom. The van der Waals surface area contributed by atoms with Crippen LogP contribution in [0.4, 0.5) is 5.69 Å². The summed E-state index contributed by atoms with van der Waals surface area (Å²) in [6, 6.07) is 8.92. The van der Waals surface area contributed by atoms with Gasteiger partial charge >= 0.3 is 0 Å². The molecule has 1 saturated heterocycles. The van der Waals surface area contributed by atoms with Crippen LogP contribution in [-0.4, -0.2) is 11.9 Å². The van der Waals surface area contributed by atoms with Gasteiger partial charge in [-0.15, -0.1) is 0 Å². The molecule has 1 aromatic carbocycles. The average Bonchev–Trinajstić information content (AvgIpc) is 2.56. The van der Waals surface area contributed by atoms with E-state index in [0.717, 1.165) is 6.42 Å². The van der Waals surface area contributed by atoms with Gasteiger partial charge in [0.05, 0.1) is 0 Å². The first-order chi connectivity index (χ1) is 6.86. The Balaban J connectivity index is 1.97. The van der Waals surface area contributed by atoms with Crippen molar-refractivity contribution in [3.8, 4) is 0 Å². The number of carbonyl (C=O) groups excluding carboxylic acids is 1. The second-order valence-corrected chi connectivity index (χ2v) is 4.62. The highest BCUT2D eigenvalue weighted by Gasteiger charge is 2.57. The lowest BCUT2D eigenvalue weighted by Crippen LogP contribution is -2.41. The number of hydrogen-bond acceptors (Lipinski definition) is 1. The van der Waals surface area contributed by atoms with Gasteiger partial charge in [0.2, 0.25) is 5.91 Å². The van der Waals surface area contributed by atoms with Gasteiger partial charge in [-0.05, 0) is 24.0 Å². The molecule has 1 aromatic rings. The van der Waals surface area contributed by atoms with Crippen LogP contribution in [0.15, 0.2) is 24.3 Å². The normalized spacial score (nSPS) is 36.7. The third-order valence-electron chi connectivity index (χ3n) is 4.05. The summed E-state index contributed by atoms with van der Waals surface area (Å²) >= 11 is 0. The summed E-state index contributed by atoms with van der Waals surface area (Å²) in [6.07, 6.45) is 2.01. The van der Waals surface area contributed by atoms with E-state index < -0.39 is 0 Å². The maximum Gasteiger partial charge on any atom is 0.227 e. The van der Waals surface area contributed by atoms with Crippen molar-refractivity contribution in [1.29, 1.82) is 0 Å². The summed E-state index contributed by atoms with van der Waals surface area (Å²) in [7, 11) is 0. The fourth-order valence-electron chi connectivity index (χ4n) is 3.45. The molecule has 2 fully saturated rings. The van der Waals surface area contributed by atoms with E-state index in [9.17, 15) is 4.79 Å². The molecule has 1 aliphatic carbocycles. The first-order valence-electron chi connectivity index (χ1n) is 5.27. The number of anilines is 1. The maximum absolute atomic E-state index is 11.8. The molecule has 2 heterocycles. The largest absolute Gasteiger partial charge is 0.308 e. The Morgan fingerprint density at radius 2 is 2.14 bits per heavy atom. The Kier molecular flexibility index (Phi) is 1.02. The highest BCUT2D eigenvalue weighted by Crippen LogP contribution is 2.59. The van der Waals surface area contributed by atoms with Crippen molar-refractivity contribution in [3.05, 3.63) is 29.8 Å². The first-order valence-corrected chi connectivity index (χ1v) is 5.27. The van der Waals surface area contributed by atoms with E-state index >= 15 is 0 Å². The molecule has 1 saturated carbocycles. The van der Waals surface area contributed by atoms with Gasteiger partial charge in [-0.1, -0.05) is 18.2 Å². The third-order valence-corrected chi connectivity index (χ3v) is 4.05. The van der Waals surface area contributed by atoms with Crippen LogP contribution in [-0.2, 0) is 4.79 Å². The molecule has 0 spiro atoms. The van der Waals surface area contributed by atoms with E-state index in [-0.39, 0.29) is 0 Å². The van der Waals surface area contributed by atoms with Crippen molar-refractivity contribution < 1.29 is 4.79 Å². The zero-order valence-electron chi connectivity index (χ0n) is 7.81. The molecule has 4 rings (SSSR count).